The number of thioether (sulfide) groups is 1. The zero-order chi connectivity index (χ0) is 22.5. The highest BCUT2D eigenvalue weighted by atomic mass is 79.9. The van der Waals surface area contributed by atoms with Gasteiger partial charge >= 0.3 is 0 Å². The van der Waals surface area contributed by atoms with Crippen molar-refractivity contribution in [2.75, 3.05) is 7.11 Å². The molecule has 0 unspecified atom stereocenters. The minimum absolute atomic E-state index is 0.0848. The maximum Gasteiger partial charge on any atom is 0.266 e. The normalized spacial score (nSPS) is 14.8. The van der Waals surface area contributed by atoms with Gasteiger partial charge in [0.05, 0.1) is 18.6 Å². The first-order chi connectivity index (χ1) is 15.5. The van der Waals surface area contributed by atoms with E-state index >= 15 is 0 Å². The van der Waals surface area contributed by atoms with Gasteiger partial charge in [-0.25, -0.2) is 0 Å². The average Bonchev–Trinajstić information content (AvgIpc) is 3.07. The van der Waals surface area contributed by atoms with Crippen LogP contribution in [0, 0.1) is 0 Å². The number of hydrogen-bond acceptors (Lipinski definition) is 5. The van der Waals surface area contributed by atoms with Crippen molar-refractivity contribution in [3.05, 3.63) is 98.9 Å². The number of halogens is 1. The van der Waals surface area contributed by atoms with Crippen LogP contribution < -0.4 is 9.47 Å². The number of rotatable bonds is 7. The highest BCUT2D eigenvalue weighted by Gasteiger charge is 2.32. The molecule has 1 fully saturated rings. The second kappa shape index (κ2) is 10.3. The molecular formula is C25H20BrNO3S2. The first kappa shape index (κ1) is 22.6. The molecule has 1 heterocycles. The molecule has 32 heavy (non-hydrogen) atoms. The van der Waals surface area contributed by atoms with Gasteiger partial charge in [0, 0.05) is 4.47 Å². The van der Waals surface area contributed by atoms with Gasteiger partial charge in [-0.2, -0.15) is 0 Å². The Kier molecular flexibility index (Phi) is 7.29. The molecule has 0 aliphatic carbocycles. The number of hydrogen-bond donors (Lipinski definition) is 0. The molecule has 0 aromatic heterocycles. The summed E-state index contributed by atoms with van der Waals surface area (Å²) in [6.45, 7) is 0.899. The van der Waals surface area contributed by atoms with Crippen molar-refractivity contribution in [2.24, 2.45) is 0 Å². The summed E-state index contributed by atoms with van der Waals surface area (Å²) in [5.41, 5.74) is 2.94. The van der Waals surface area contributed by atoms with E-state index < -0.39 is 0 Å². The molecule has 0 N–H and O–H groups in total. The Morgan fingerprint density at radius 3 is 2.47 bits per heavy atom. The molecule has 3 aromatic rings. The van der Waals surface area contributed by atoms with Crippen LogP contribution >= 0.6 is 39.9 Å². The molecule has 1 saturated heterocycles. The van der Waals surface area contributed by atoms with Crippen LogP contribution in [0.4, 0.5) is 0 Å². The molecule has 1 aliphatic heterocycles. The zero-order valence-electron chi connectivity index (χ0n) is 17.3. The molecule has 4 rings (SSSR count). The monoisotopic (exact) mass is 525 g/mol. The Morgan fingerprint density at radius 1 is 1.00 bits per heavy atom. The average molecular weight is 526 g/mol. The van der Waals surface area contributed by atoms with Crippen molar-refractivity contribution in [1.82, 2.24) is 4.90 Å². The fourth-order valence-electron chi connectivity index (χ4n) is 3.19. The number of nitrogens with zero attached hydrogens (tertiary/aromatic N) is 1. The SMILES string of the molecule is COc1cc(C=C2SC(=S)N(Cc3ccccc3)C2=O)ccc1OCc1ccc(Br)cc1. The van der Waals surface area contributed by atoms with E-state index in [1.165, 1.54) is 11.8 Å². The lowest BCUT2D eigenvalue weighted by Crippen LogP contribution is -2.27. The number of ether oxygens (including phenoxy) is 2. The highest BCUT2D eigenvalue weighted by molar-refractivity contribution is 9.10. The molecular weight excluding hydrogens is 506 g/mol. The van der Waals surface area contributed by atoms with E-state index in [9.17, 15) is 4.79 Å². The quantitative estimate of drug-likeness (QED) is 0.262. The number of carbonyl (C=O) groups excluding carboxylic acids is 1. The van der Waals surface area contributed by atoms with Crippen LogP contribution in [0.15, 0.2) is 82.2 Å². The first-order valence-electron chi connectivity index (χ1n) is 9.88. The lowest BCUT2D eigenvalue weighted by Gasteiger charge is -2.14. The fourth-order valence-corrected chi connectivity index (χ4v) is 4.71. The predicted molar refractivity (Wildman–Crippen MR) is 137 cm³/mol. The molecule has 4 nitrogen and oxygen atoms in total. The van der Waals surface area contributed by atoms with E-state index in [1.54, 1.807) is 12.0 Å². The summed E-state index contributed by atoms with van der Waals surface area (Å²) in [5, 5.41) is 0. The summed E-state index contributed by atoms with van der Waals surface area (Å²) in [5.74, 6) is 1.17. The molecule has 0 saturated carbocycles. The summed E-state index contributed by atoms with van der Waals surface area (Å²) >= 11 is 10.2. The number of amides is 1. The minimum atomic E-state index is -0.0848. The molecule has 0 spiro atoms. The molecule has 1 aliphatic rings. The first-order valence-corrected chi connectivity index (χ1v) is 11.9. The van der Waals surface area contributed by atoms with Gasteiger partial charge in [-0.05, 0) is 47.0 Å². The number of benzene rings is 3. The maximum absolute atomic E-state index is 12.9. The van der Waals surface area contributed by atoms with E-state index in [1.807, 2.05) is 78.9 Å². The molecule has 7 heteroatoms. The standard InChI is InChI=1S/C25H20BrNO3S2/c1-29-22-13-19(9-12-21(22)30-16-18-7-10-20(26)11-8-18)14-23-24(28)27(25(31)32-23)15-17-5-3-2-4-6-17/h2-14H,15-16H2,1H3. The van der Waals surface area contributed by atoms with Crippen LogP contribution in [0.25, 0.3) is 6.08 Å². The number of methoxy groups -OCH3 is 1. The van der Waals surface area contributed by atoms with E-state index in [4.69, 9.17) is 21.7 Å². The Balaban J connectivity index is 1.48. The van der Waals surface area contributed by atoms with Gasteiger partial charge in [-0.3, -0.25) is 9.69 Å². The Labute approximate surface area is 205 Å². The molecule has 1 amide bonds. The third-order valence-corrected chi connectivity index (χ3v) is 6.76. The predicted octanol–water partition coefficient (Wildman–Crippen LogP) is 6.44. The van der Waals surface area contributed by atoms with Crippen molar-refractivity contribution in [1.29, 1.82) is 0 Å². The fraction of sp³-hybridized carbons (Fsp3) is 0.120. The Bertz CT molecular complexity index is 1160. The van der Waals surface area contributed by atoms with Gasteiger partial charge in [0.15, 0.2) is 11.5 Å². The lowest BCUT2D eigenvalue weighted by atomic mass is 10.1. The summed E-state index contributed by atoms with van der Waals surface area (Å²) in [6.07, 6.45) is 1.84. The van der Waals surface area contributed by atoms with E-state index in [2.05, 4.69) is 15.9 Å². The molecule has 0 atom stereocenters. The largest absolute Gasteiger partial charge is 0.493 e. The second-order valence-electron chi connectivity index (χ2n) is 7.08. The third-order valence-electron chi connectivity index (χ3n) is 4.85. The van der Waals surface area contributed by atoms with Crippen LogP contribution in [0.3, 0.4) is 0 Å². The van der Waals surface area contributed by atoms with E-state index in [0.717, 1.165) is 21.2 Å². The van der Waals surface area contributed by atoms with Crippen LogP contribution in [-0.4, -0.2) is 22.2 Å². The van der Waals surface area contributed by atoms with Crippen molar-refractivity contribution < 1.29 is 14.3 Å². The third kappa shape index (κ3) is 5.41. The molecule has 162 valence electrons. The summed E-state index contributed by atoms with van der Waals surface area (Å²) in [4.78, 5) is 15.1. The maximum atomic E-state index is 12.9. The van der Waals surface area contributed by atoms with Crippen molar-refractivity contribution in [3.63, 3.8) is 0 Å². The summed E-state index contributed by atoms with van der Waals surface area (Å²) in [6, 6.07) is 23.4. The van der Waals surface area contributed by atoms with Crippen LogP contribution in [0.2, 0.25) is 0 Å². The number of thiocarbonyl (C=S) groups is 1. The number of carbonyl (C=O) groups is 1. The van der Waals surface area contributed by atoms with Gasteiger partial charge in [0.25, 0.3) is 5.91 Å². The zero-order valence-corrected chi connectivity index (χ0v) is 20.5. The highest BCUT2D eigenvalue weighted by Crippen LogP contribution is 2.35. The van der Waals surface area contributed by atoms with Crippen molar-refractivity contribution in [2.45, 2.75) is 13.2 Å². The van der Waals surface area contributed by atoms with Crippen LogP contribution in [0.1, 0.15) is 16.7 Å². The van der Waals surface area contributed by atoms with Gasteiger partial charge in [-0.15, -0.1) is 0 Å². The topological polar surface area (TPSA) is 38.8 Å². The van der Waals surface area contributed by atoms with Gasteiger partial charge in [0.1, 0.15) is 10.9 Å². The van der Waals surface area contributed by atoms with Gasteiger partial charge < -0.3 is 9.47 Å². The summed E-state index contributed by atoms with van der Waals surface area (Å²) in [7, 11) is 1.60. The lowest BCUT2D eigenvalue weighted by molar-refractivity contribution is -0.122. The van der Waals surface area contributed by atoms with E-state index in [0.29, 0.717) is 33.9 Å². The van der Waals surface area contributed by atoms with Crippen LogP contribution in [0.5, 0.6) is 11.5 Å². The van der Waals surface area contributed by atoms with Crippen molar-refractivity contribution in [3.8, 4) is 11.5 Å². The summed E-state index contributed by atoms with van der Waals surface area (Å²) < 4.78 is 13.0. The van der Waals surface area contributed by atoms with Gasteiger partial charge in [0.2, 0.25) is 0 Å². The molecule has 0 bridgehead atoms. The smallest absolute Gasteiger partial charge is 0.266 e. The minimum Gasteiger partial charge on any atom is -0.493 e. The Hall–Kier alpha value is -2.61. The second-order valence-corrected chi connectivity index (χ2v) is 9.67. The molecule has 0 radical (unpaired) electrons. The van der Waals surface area contributed by atoms with Gasteiger partial charge in [-0.1, -0.05) is 88.4 Å². The van der Waals surface area contributed by atoms with Crippen molar-refractivity contribution >= 4 is 56.2 Å². The van der Waals surface area contributed by atoms with Crippen LogP contribution in [-0.2, 0) is 17.9 Å². The van der Waals surface area contributed by atoms with E-state index in [-0.39, 0.29) is 5.91 Å². The Morgan fingerprint density at radius 2 is 1.75 bits per heavy atom. The molecule has 3 aromatic carbocycles.